The zero-order valence-corrected chi connectivity index (χ0v) is 32.3. The van der Waals surface area contributed by atoms with Crippen LogP contribution < -0.4 is 40.4 Å². The van der Waals surface area contributed by atoms with Crippen LogP contribution in [0.3, 0.4) is 0 Å². The Morgan fingerprint density at radius 1 is 0.586 bits per heavy atom. The Morgan fingerprint density at radius 3 is 1.47 bits per heavy atom. The van der Waals surface area contributed by atoms with Gasteiger partial charge in [0.2, 0.25) is 11.5 Å². The Hall–Kier alpha value is -6.05. The average molecular weight is 843 g/mol. The second kappa shape index (κ2) is 19.4. The summed E-state index contributed by atoms with van der Waals surface area (Å²) in [6.07, 6.45) is 0.495. The van der Waals surface area contributed by atoms with E-state index >= 15 is 0 Å². The summed E-state index contributed by atoms with van der Waals surface area (Å²) in [4.78, 5) is 36.2. The average Bonchev–Trinajstić information content (AvgIpc) is 3.21. The van der Waals surface area contributed by atoms with Gasteiger partial charge in [-0.3, -0.25) is 14.4 Å². The number of aromatic nitrogens is 6. The SMILES string of the molecule is COc1cnn(-c2cccc(C(F)(F)F)c2)c(=O)c1Cl.COc1cnn(-c2cccc(C(F)(F)F)c2)c(=O)c1OC.COc1cnn(C2CCCCC2)c(=O)c1OC. The van der Waals surface area contributed by atoms with Crippen molar-refractivity contribution in [1.29, 1.82) is 0 Å². The number of halogens is 7. The van der Waals surface area contributed by atoms with Gasteiger partial charge < -0.3 is 23.7 Å². The molecule has 58 heavy (non-hydrogen) atoms. The number of rotatable bonds is 8. The second-order valence-corrected chi connectivity index (χ2v) is 12.5. The van der Waals surface area contributed by atoms with Crippen molar-refractivity contribution < 1.29 is 50.0 Å². The molecule has 0 N–H and O–H groups in total. The Bertz CT molecular complexity index is 2360. The minimum Gasteiger partial charge on any atom is -0.493 e. The van der Waals surface area contributed by atoms with Crippen molar-refractivity contribution in [2.24, 2.45) is 0 Å². The van der Waals surface area contributed by atoms with Crippen molar-refractivity contribution in [3.8, 4) is 40.1 Å². The van der Waals surface area contributed by atoms with Gasteiger partial charge in [0.1, 0.15) is 0 Å². The van der Waals surface area contributed by atoms with Crippen LogP contribution in [0.25, 0.3) is 11.4 Å². The monoisotopic (exact) mass is 842 g/mol. The van der Waals surface area contributed by atoms with Crippen molar-refractivity contribution in [2.75, 3.05) is 35.5 Å². The molecule has 5 aromatic rings. The first kappa shape index (κ1) is 44.7. The van der Waals surface area contributed by atoms with Gasteiger partial charge in [-0.15, -0.1) is 0 Å². The molecule has 0 spiro atoms. The first-order chi connectivity index (χ1) is 27.5. The van der Waals surface area contributed by atoms with Crippen LogP contribution in [0, 0.1) is 0 Å². The smallest absolute Gasteiger partial charge is 0.416 e. The summed E-state index contributed by atoms with van der Waals surface area (Å²) in [6, 6.07) is 8.72. The van der Waals surface area contributed by atoms with Gasteiger partial charge in [-0.25, -0.2) is 4.68 Å². The van der Waals surface area contributed by atoms with Gasteiger partial charge in [0.25, 0.3) is 5.56 Å². The first-order valence-corrected chi connectivity index (χ1v) is 17.5. The second-order valence-electron chi connectivity index (χ2n) is 12.1. The summed E-state index contributed by atoms with van der Waals surface area (Å²) in [5, 5.41) is 11.4. The fraction of sp³-hybridized carbons (Fsp3) is 0.351. The van der Waals surface area contributed by atoms with Crippen LogP contribution in [0.1, 0.15) is 49.3 Å². The van der Waals surface area contributed by atoms with Crippen LogP contribution in [-0.4, -0.2) is 64.9 Å². The van der Waals surface area contributed by atoms with Crippen LogP contribution in [0.2, 0.25) is 5.02 Å². The number of benzene rings is 2. The Morgan fingerprint density at radius 2 is 1.02 bits per heavy atom. The third-order valence-electron chi connectivity index (χ3n) is 8.54. The molecule has 0 unspecified atom stereocenters. The number of methoxy groups -OCH3 is 5. The van der Waals surface area contributed by atoms with E-state index in [1.807, 2.05) is 0 Å². The number of hydrogen-bond acceptors (Lipinski definition) is 11. The van der Waals surface area contributed by atoms with E-state index in [-0.39, 0.29) is 51.0 Å². The van der Waals surface area contributed by atoms with E-state index in [0.717, 1.165) is 65.5 Å². The van der Waals surface area contributed by atoms with E-state index < -0.39 is 34.6 Å². The molecule has 1 aliphatic carbocycles. The van der Waals surface area contributed by atoms with Crippen molar-refractivity contribution >= 4 is 11.6 Å². The lowest BCUT2D eigenvalue weighted by Gasteiger charge is -2.23. The lowest BCUT2D eigenvalue weighted by atomic mass is 9.96. The largest absolute Gasteiger partial charge is 0.493 e. The molecule has 2 aromatic carbocycles. The Labute approximate surface area is 331 Å². The molecule has 1 saturated carbocycles. The van der Waals surface area contributed by atoms with Gasteiger partial charge in [-0.05, 0) is 49.2 Å². The third-order valence-corrected chi connectivity index (χ3v) is 8.89. The molecule has 0 amide bonds. The number of alkyl halides is 6. The molecule has 0 bridgehead atoms. The van der Waals surface area contributed by atoms with E-state index in [0.29, 0.717) is 5.75 Å². The Balaban J connectivity index is 0.000000194. The molecule has 3 heterocycles. The number of nitrogens with zero attached hydrogens (tertiary/aromatic N) is 6. The number of ether oxygens (including phenoxy) is 5. The van der Waals surface area contributed by atoms with Crippen LogP contribution in [0.4, 0.5) is 26.3 Å². The zero-order valence-electron chi connectivity index (χ0n) is 31.6. The van der Waals surface area contributed by atoms with Gasteiger partial charge in [-0.1, -0.05) is 43.0 Å². The highest BCUT2D eigenvalue weighted by Gasteiger charge is 2.32. The normalized spacial score (nSPS) is 13.0. The third kappa shape index (κ3) is 10.5. The molecule has 0 aliphatic heterocycles. The van der Waals surface area contributed by atoms with Gasteiger partial charge >= 0.3 is 23.5 Å². The topological polar surface area (TPSA) is 151 Å². The predicted molar refractivity (Wildman–Crippen MR) is 198 cm³/mol. The summed E-state index contributed by atoms with van der Waals surface area (Å²) < 4.78 is 104. The quantitative estimate of drug-likeness (QED) is 0.149. The van der Waals surface area contributed by atoms with Crippen LogP contribution in [-0.2, 0) is 12.4 Å². The minimum atomic E-state index is -4.50. The standard InChI is InChI=1S/C13H11F3N2O3.C12H8ClF3N2O2.C12H18N2O3/c1-20-10-7-17-18(12(19)11(10)21-2)9-5-3-4-8(6-9)13(14,15)16;1-20-9-6-17-18(11(19)10(9)13)8-4-2-3-7(5-8)12(14,15)16;1-16-10-8-13-14(12(15)11(10)17-2)9-6-4-3-5-7-9/h3-7H,1-2H3;2-6H,1H3;8-9H,3-7H2,1-2H3. The van der Waals surface area contributed by atoms with Crippen LogP contribution in [0.5, 0.6) is 28.7 Å². The maximum absolute atomic E-state index is 12.7. The molecular weight excluding hydrogens is 806 g/mol. The summed E-state index contributed by atoms with van der Waals surface area (Å²) in [6.45, 7) is 0. The highest BCUT2D eigenvalue weighted by molar-refractivity contribution is 6.31. The highest BCUT2D eigenvalue weighted by atomic mass is 35.5. The van der Waals surface area contributed by atoms with Crippen molar-refractivity contribution in [1.82, 2.24) is 29.3 Å². The Kier molecular flexibility index (Phi) is 14.9. The minimum absolute atomic E-state index is 0.0178. The molecular formula is C37H37ClF6N6O8. The maximum Gasteiger partial charge on any atom is 0.416 e. The molecule has 0 radical (unpaired) electrons. The molecule has 1 aliphatic rings. The van der Waals surface area contributed by atoms with Gasteiger partial charge in [0.05, 0.1) is 82.7 Å². The predicted octanol–water partition coefficient (Wildman–Crippen LogP) is 6.95. The maximum atomic E-state index is 12.7. The first-order valence-electron chi connectivity index (χ1n) is 17.1. The van der Waals surface area contributed by atoms with Crippen molar-refractivity contribution in [3.63, 3.8) is 0 Å². The molecule has 312 valence electrons. The van der Waals surface area contributed by atoms with E-state index in [9.17, 15) is 40.7 Å². The van der Waals surface area contributed by atoms with Crippen LogP contribution in [0.15, 0.2) is 81.5 Å². The molecule has 6 rings (SSSR count). The molecule has 0 saturated heterocycles. The van der Waals surface area contributed by atoms with Crippen molar-refractivity contribution in [3.05, 3.63) is 114 Å². The lowest BCUT2D eigenvalue weighted by molar-refractivity contribution is -0.138. The molecule has 1 fully saturated rings. The van der Waals surface area contributed by atoms with Gasteiger partial charge in [0.15, 0.2) is 22.3 Å². The van der Waals surface area contributed by atoms with E-state index in [1.165, 1.54) is 72.4 Å². The van der Waals surface area contributed by atoms with E-state index in [1.54, 1.807) is 10.9 Å². The fourth-order valence-corrected chi connectivity index (χ4v) is 5.87. The molecule has 3 aromatic heterocycles. The van der Waals surface area contributed by atoms with Crippen LogP contribution >= 0.6 is 11.6 Å². The number of hydrogen-bond donors (Lipinski definition) is 0. The fourth-order valence-electron chi connectivity index (χ4n) is 5.67. The highest BCUT2D eigenvalue weighted by Crippen LogP contribution is 2.32. The molecule has 0 atom stereocenters. The summed E-state index contributed by atoms with van der Waals surface area (Å²) >= 11 is 5.76. The van der Waals surface area contributed by atoms with Crippen molar-refractivity contribution in [2.45, 2.75) is 50.5 Å². The summed E-state index contributed by atoms with van der Waals surface area (Å²) in [5.41, 5.74) is -3.47. The van der Waals surface area contributed by atoms with Gasteiger partial charge in [0, 0.05) is 0 Å². The zero-order chi connectivity index (χ0) is 42.8. The molecule has 21 heteroatoms. The molecule has 14 nitrogen and oxygen atoms in total. The summed E-state index contributed by atoms with van der Waals surface area (Å²) in [5.74, 6) is 0.660. The lowest BCUT2D eigenvalue weighted by Crippen LogP contribution is -2.29. The summed E-state index contributed by atoms with van der Waals surface area (Å²) in [7, 11) is 6.87. The van der Waals surface area contributed by atoms with E-state index in [2.05, 4.69) is 15.3 Å². The van der Waals surface area contributed by atoms with Gasteiger partial charge in [-0.2, -0.15) is 51.0 Å². The van der Waals surface area contributed by atoms with E-state index in [4.69, 9.17) is 35.3 Å².